The normalized spacial score (nSPS) is 10.9. The number of ether oxygens (including phenoxy) is 3. The van der Waals surface area contributed by atoms with Crippen LogP contribution in [0.2, 0.25) is 0 Å². The molecule has 4 rings (SSSR count). The van der Waals surface area contributed by atoms with Gasteiger partial charge in [-0.1, -0.05) is 18.2 Å². The first-order chi connectivity index (χ1) is 15.5. The summed E-state index contributed by atoms with van der Waals surface area (Å²) in [5.41, 5.74) is 3.03. The van der Waals surface area contributed by atoms with Gasteiger partial charge in [0.25, 0.3) is 0 Å². The topological polar surface area (TPSA) is 95.3 Å². The molecule has 0 aliphatic heterocycles. The lowest BCUT2D eigenvalue weighted by molar-refractivity contribution is 0.324. The van der Waals surface area contributed by atoms with E-state index in [4.69, 9.17) is 19.2 Å². The summed E-state index contributed by atoms with van der Waals surface area (Å²) >= 11 is 0. The van der Waals surface area contributed by atoms with Crippen molar-refractivity contribution < 1.29 is 14.2 Å². The third-order valence-corrected chi connectivity index (χ3v) is 4.95. The van der Waals surface area contributed by atoms with Gasteiger partial charge in [0, 0.05) is 29.5 Å². The van der Waals surface area contributed by atoms with Crippen molar-refractivity contribution in [2.45, 2.75) is 19.9 Å². The number of benzene rings is 2. The van der Waals surface area contributed by atoms with Gasteiger partial charge in [-0.3, -0.25) is 4.57 Å². The fourth-order valence-electron chi connectivity index (χ4n) is 3.52. The molecule has 9 heteroatoms. The molecule has 166 valence electrons. The van der Waals surface area contributed by atoms with Crippen LogP contribution in [0, 0.1) is 0 Å². The number of anilines is 4. The minimum absolute atomic E-state index is 0.134. The highest BCUT2D eigenvalue weighted by Crippen LogP contribution is 2.41. The standard InChI is InChI=1S/C23H26N6O3/c1-14(2)29-22-19(28-23(29)27-15-9-7-6-8-10-15)21(24-13-25-22)26-16-11-17(30-3)20(32-5)18(12-16)31-4/h6-14H,1-5H3,(H,27,28)(H,24,25,26). The van der Waals surface area contributed by atoms with E-state index >= 15 is 0 Å². The molecule has 0 atom stereocenters. The molecule has 2 aromatic carbocycles. The summed E-state index contributed by atoms with van der Waals surface area (Å²) in [4.78, 5) is 13.8. The highest BCUT2D eigenvalue weighted by Gasteiger charge is 2.19. The number of fused-ring (bicyclic) bond motifs is 1. The molecule has 2 heterocycles. The summed E-state index contributed by atoms with van der Waals surface area (Å²) in [6.07, 6.45) is 1.52. The Kier molecular flexibility index (Phi) is 5.98. The van der Waals surface area contributed by atoms with Crippen LogP contribution < -0.4 is 24.8 Å². The molecule has 32 heavy (non-hydrogen) atoms. The van der Waals surface area contributed by atoms with Gasteiger partial charge in [0.15, 0.2) is 28.5 Å². The van der Waals surface area contributed by atoms with Crippen LogP contribution in [0.3, 0.4) is 0 Å². The van der Waals surface area contributed by atoms with E-state index in [1.54, 1.807) is 21.3 Å². The fraction of sp³-hybridized carbons (Fsp3) is 0.261. The smallest absolute Gasteiger partial charge is 0.210 e. The Labute approximate surface area is 186 Å². The van der Waals surface area contributed by atoms with Gasteiger partial charge in [-0.05, 0) is 26.0 Å². The second-order valence-electron chi connectivity index (χ2n) is 7.32. The Hall–Kier alpha value is -4.01. The van der Waals surface area contributed by atoms with Gasteiger partial charge in [-0.25, -0.2) is 15.0 Å². The Morgan fingerprint density at radius 1 is 0.844 bits per heavy atom. The van der Waals surface area contributed by atoms with E-state index in [-0.39, 0.29) is 6.04 Å². The minimum atomic E-state index is 0.134. The zero-order valence-electron chi connectivity index (χ0n) is 18.7. The van der Waals surface area contributed by atoms with E-state index in [9.17, 15) is 0 Å². The van der Waals surface area contributed by atoms with E-state index in [1.807, 2.05) is 47.0 Å². The summed E-state index contributed by atoms with van der Waals surface area (Å²) in [5, 5.41) is 6.71. The largest absolute Gasteiger partial charge is 0.493 e. The average Bonchev–Trinajstić information content (AvgIpc) is 3.18. The summed E-state index contributed by atoms with van der Waals surface area (Å²) in [7, 11) is 4.73. The van der Waals surface area contributed by atoms with Gasteiger partial charge in [0.2, 0.25) is 11.7 Å². The van der Waals surface area contributed by atoms with Crippen LogP contribution in [-0.4, -0.2) is 40.8 Å². The van der Waals surface area contributed by atoms with Crippen molar-refractivity contribution in [3.63, 3.8) is 0 Å². The Bertz CT molecular complexity index is 1200. The number of nitrogens with one attached hydrogen (secondary N) is 2. The van der Waals surface area contributed by atoms with Gasteiger partial charge >= 0.3 is 0 Å². The van der Waals surface area contributed by atoms with Crippen molar-refractivity contribution in [2.24, 2.45) is 0 Å². The number of hydrogen-bond acceptors (Lipinski definition) is 8. The molecule has 0 saturated heterocycles. The third kappa shape index (κ3) is 3.96. The van der Waals surface area contributed by atoms with Crippen LogP contribution in [0.4, 0.5) is 23.1 Å². The second kappa shape index (κ2) is 9.01. The molecule has 0 bridgehead atoms. The number of rotatable bonds is 8. The van der Waals surface area contributed by atoms with Crippen molar-refractivity contribution in [1.82, 2.24) is 19.5 Å². The molecule has 0 fully saturated rings. The molecule has 2 N–H and O–H groups in total. The SMILES string of the molecule is COc1cc(Nc2ncnc3c2nc(Nc2ccccc2)n3C(C)C)cc(OC)c1OC. The first-order valence-corrected chi connectivity index (χ1v) is 10.2. The second-order valence-corrected chi connectivity index (χ2v) is 7.32. The van der Waals surface area contributed by atoms with E-state index in [2.05, 4.69) is 34.4 Å². The molecule has 0 aliphatic carbocycles. The van der Waals surface area contributed by atoms with Crippen molar-refractivity contribution in [2.75, 3.05) is 32.0 Å². The molecule has 0 saturated carbocycles. The van der Waals surface area contributed by atoms with Crippen molar-refractivity contribution >= 4 is 34.3 Å². The molecule has 0 unspecified atom stereocenters. The summed E-state index contributed by atoms with van der Waals surface area (Å²) in [6, 6.07) is 13.7. The molecule has 4 aromatic rings. The van der Waals surface area contributed by atoms with Crippen LogP contribution in [-0.2, 0) is 0 Å². The van der Waals surface area contributed by atoms with Crippen LogP contribution in [0.5, 0.6) is 17.2 Å². The van der Waals surface area contributed by atoms with E-state index in [0.717, 1.165) is 17.0 Å². The number of imidazole rings is 1. The number of methoxy groups -OCH3 is 3. The summed E-state index contributed by atoms with van der Waals surface area (Å²) < 4.78 is 18.4. The molecular weight excluding hydrogens is 408 g/mol. The Balaban J connectivity index is 1.78. The minimum Gasteiger partial charge on any atom is -0.493 e. The first-order valence-electron chi connectivity index (χ1n) is 10.2. The molecular formula is C23H26N6O3. The number of para-hydroxylation sites is 1. The number of hydrogen-bond donors (Lipinski definition) is 2. The van der Waals surface area contributed by atoms with E-state index < -0.39 is 0 Å². The maximum Gasteiger partial charge on any atom is 0.210 e. The number of nitrogens with zero attached hydrogens (tertiary/aromatic N) is 4. The molecule has 2 aromatic heterocycles. The quantitative estimate of drug-likeness (QED) is 0.403. The third-order valence-electron chi connectivity index (χ3n) is 4.95. The molecule has 9 nitrogen and oxygen atoms in total. The van der Waals surface area contributed by atoms with Crippen LogP contribution in [0.1, 0.15) is 19.9 Å². The Morgan fingerprint density at radius 3 is 2.12 bits per heavy atom. The van der Waals surface area contributed by atoms with Gasteiger partial charge < -0.3 is 24.8 Å². The summed E-state index contributed by atoms with van der Waals surface area (Å²) in [5.74, 6) is 2.86. The molecule has 0 amide bonds. The van der Waals surface area contributed by atoms with Crippen molar-refractivity contribution in [3.05, 3.63) is 48.8 Å². The maximum atomic E-state index is 5.46. The van der Waals surface area contributed by atoms with Crippen molar-refractivity contribution in [3.8, 4) is 17.2 Å². The van der Waals surface area contributed by atoms with Crippen LogP contribution in [0.15, 0.2) is 48.8 Å². The predicted octanol–water partition coefficient (Wildman–Crippen LogP) is 4.92. The lowest BCUT2D eigenvalue weighted by Gasteiger charge is -2.15. The highest BCUT2D eigenvalue weighted by atomic mass is 16.5. The first kappa shape index (κ1) is 21.2. The predicted molar refractivity (Wildman–Crippen MR) is 125 cm³/mol. The zero-order chi connectivity index (χ0) is 22.7. The molecule has 0 radical (unpaired) electrons. The highest BCUT2D eigenvalue weighted by molar-refractivity contribution is 5.88. The van der Waals surface area contributed by atoms with E-state index in [0.29, 0.717) is 34.5 Å². The number of aromatic nitrogens is 4. The zero-order valence-corrected chi connectivity index (χ0v) is 18.7. The van der Waals surface area contributed by atoms with Gasteiger partial charge in [-0.2, -0.15) is 0 Å². The van der Waals surface area contributed by atoms with Gasteiger partial charge in [0.1, 0.15) is 6.33 Å². The van der Waals surface area contributed by atoms with Gasteiger partial charge in [0.05, 0.1) is 21.3 Å². The molecule has 0 spiro atoms. The lowest BCUT2D eigenvalue weighted by Crippen LogP contribution is -2.07. The maximum absolute atomic E-state index is 5.46. The van der Waals surface area contributed by atoms with Crippen LogP contribution >= 0.6 is 0 Å². The van der Waals surface area contributed by atoms with Crippen LogP contribution in [0.25, 0.3) is 11.2 Å². The average molecular weight is 435 g/mol. The van der Waals surface area contributed by atoms with Crippen molar-refractivity contribution in [1.29, 1.82) is 0 Å². The lowest BCUT2D eigenvalue weighted by atomic mass is 10.2. The van der Waals surface area contributed by atoms with E-state index in [1.165, 1.54) is 6.33 Å². The Morgan fingerprint density at radius 2 is 1.53 bits per heavy atom. The molecule has 0 aliphatic rings. The van der Waals surface area contributed by atoms with Gasteiger partial charge in [-0.15, -0.1) is 0 Å². The summed E-state index contributed by atoms with van der Waals surface area (Å²) in [6.45, 7) is 4.18. The fourth-order valence-corrected chi connectivity index (χ4v) is 3.52. The monoisotopic (exact) mass is 434 g/mol.